The maximum Gasteiger partial charge on any atom is 0.339 e. The summed E-state index contributed by atoms with van der Waals surface area (Å²) >= 11 is 0. The van der Waals surface area contributed by atoms with Crippen molar-refractivity contribution >= 4 is 22.1 Å². The zero-order valence-electron chi connectivity index (χ0n) is 10.5. The average molecular weight is 307 g/mol. The molecule has 2 aromatic rings. The van der Waals surface area contributed by atoms with Gasteiger partial charge in [-0.1, -0.05) is 18.2 Å². The van der Waals surface area contributed by atoms with Crippen LogP contribution in [0.5, 0.6) is 5.75 Å². The van der Waals surface area contributed by atoms with E-state index in [1.165, 1.54) is 24.3 Å². The number of hydrogen-bond acceptors (Lipinski definition) is 6. The molecule has 0 N–H and O–H groups in total. The average Bonchev–Trinajstić information content (AvgIpc) is 2.48. The van der Waals surface area contributed by atoms with Gasteiger partial charge in [-0.05, 0) is 18.2 Å². The number of non-ortho nitro benzene ring substituents is 1. The standard InChI is InChI=1S/C13H9NO6S/c15-9-10-8-11(14(16)17)6-7-13(10)20-21(18,19)12-4-2-1-3-5-12/h1-9H. The Bertz CT molecular complexity index is 786. The van der Waals surface area contributed by atoms with Gasteiger partial charge in [-0.25, -0.2) is 0 Å². The van der Waals surface area contributed by atoms with E-state index in [1.807, 2.05) is 0 Å². The van der Waals surface area contributed by atoms with Gasteiger partial charge in [0.05, 0.1) is 10.5 Å². The van der Waals surface area contributed by atoms with E-state index in [2.05, 4.69) is 0 Å². The summed E-state index contributed by atoms with van der Waals surface area (Å²) in [5, 5.41) is 10.6. The minimum Gasteiger partial charge on any atom is -0.378 e. The lowest BCUT2D eigenvalue weighted by molar-refractivity contribution is -0.384. The number of nitro benzene ring substituents is 1. The molecule has 8 heteroatoms. The molecule has 0 aromatic heterocycles. The predicted molar refractivity (Wildman–Crippen MR) is 72.7 cm³/mol. The highest BCUT2D eigenvalue weighted by Gasteiger charge is 2.19. The van der Waals surface area contributed by atoms with Crippen LogP contribution in [0, 0.1) is 10.1 Å². The Labute approximate surface area is 120 Å². The molecule has 2 rings (SSSR count). The molecule has 0 atom stereocenters. The number of hydrogen-bond donors (Lipinski definition) is 0. The zero-order valence-corrected chi connectivity index (χ0v) is 11.3. The molecule has 0 bridgehead atoms. The summed E-state index contributed by atoms with van der Waals surface area (Å²) in [5.41, 5.74) is -0.551. The van der Waals surface area contributed by atoms with Crippen LogP contribution in [-0.2, 0) is 10.1 Å². The Morgan fingerprint density at radius 3 is 2.33 bits per heavy atom. The first-order chi connectivity index (χ1) is 9.94. The van der Waals surface area contributed by atoms with Crippen LogP contribution < -0.4 is 4.18 Å². The molecule has 21 heavy (non-hydrogen) atoms. The van der Waals surface area contributed by atoms with Gasteiger partial charge in [-0.15, -0.1) is 0 Å². The van der Waals surface area contributed by atoms with Crippen molar-refractivity contribution in [2.24, 2.45) is 0 Å². The van der Waals surface area contributed by atoms with E-state index in [9.17, 15) is 23.3 Å². The number of rotatable bonds is 5. The number of carbonyl (C=O) groups is 1. The minimum atomic E-state index is -4.11. The first kappa shape index (κ1) is 14.7. The maximum atomic E-state index is 12.0. The van der Waals surface area contributed by atoms with Crippen molar-refractivity contribution in [3.05, 3.63) is 64.2 Å². The SMILES string of the molecule is O=Cc1cc([N+](=O)[O-])ccc1OS(=O)(=O)c1ccccc1. The lowest BCUT2D eigenvalue weighted by Gasteiger charge is -2.08. The lowest BCUT2D eigenvalue weighted by Crippen LogP contribution is -2.10. The van der Waals surface area contributed by atoms with Gasteiger partial charge < -0.3 is 4.18 Å². The highest BCUT2D eigenvalue weighted by atomic mass is 32.2. The molecule has 0 heterocycles. The fraction of sp³-hybridized carbons (Fsp3) is 0. The van der Waals surface area contributed by atoms with E-state index < -0.39 is 15.0 Å². The van der Waals surface area contributed by atoms with Gasteiger partial charge in [-0.3, -0.25) is 14.9 Å². The molecule has 0 aliphatic carbocycles. The Morgan fingerprint density at radius 1 is 1.10 bits per heavy atom. The number of carbonyl (C=O) groups excluding carboxylic acids is 1. The van der Waals surface area contributed by atoms with Crippen LogP contribution in [-0.4, -0.2) is 19.6 Å². The third-order valence-electron chi connectivity index (χ3n) is 2.56. The molecule has 0 aliphatic rings. The first-order valence-corrected chi connectivity index (χ1v) is 7.08. The van der Waals surface area contributed by atoms with Crippen LogP contribution >= 0.6 is 0 Å². The Morgan fingerprint density at radius 2 is 1.76 bits per heavy atom. The van der Waals surface area contributed by atoms with Crippen molar-refractivity contribution < 1.29 is 22.3 Å². The number of aldehydes is 1. The molecule has 0 unspecified atom stereocenters. The summed E-state index contributed by atoms with van der Waals surface area (Å²) in [6.07, 6.45) is 0.294. The molecule has 0 saturated heterocycles. The topological polar surface area (TPSA) is 104 Å². The van der Waals surface area contributed by atoms with Gasteiger partial charge in [0.2, 0.25) is 0 Å². The van der Waals surface area contributed by atoms with Gasteiger partial charge in [0.1, 0.15) is 4.90 Å². The Kier molecular flexibility index (Phi) is 3.99. The van der Waals surface area contributed by atoms with E-state index in [4.69, 9.17) is 4.18 Å². The van der Waals surface area contributed by atoms with Crippen molar-refractivity contribution in [3.8, 4) is 5.75 Å². The normalized spacial score (nSPS) is 10.9. The number of benzene rings is 2. The van der Waals surface area contributed by atoms with Crippen LogP contribution in [0.1, 0.15) is 10.4 Å². The molecule has 0 radical (unpaired) electrons. The summed E-state index contributed by atoms with van der Waals surface area (Å²) in [4.78, 5) is 20.8. The van der Waals surface area contributed by atoms with Crippen LogP contribution in [0.3, 0.4) is 0 Å². The second-order valence-corrected chi connectivity index (χ2v) is 5.49. The summed E-state index contributed by atoms with van der Waals surface area (Å²) in [5.74, 6) is -0.264. The molecule has 0 saturated carbocycles. The molecular weight excluding hydrogens is 298 g/mol. The van der Waals surface area contributed by atoms with Crippen molar-refractivity contribution in [1.82, 2.24) is 0 Å². The monoisotopic (exact) mass is 307 g/mol. The third kappa shape index (κ3) is 3.23. The van der Waals surface area contributed by atoms with Crippen LogP contribution in [0.2, 0.25) is 0 Å². The summed E-state index contributed by atoms with van der Waals surface area (Å²) in [6, 6.07) is 10.4. The summed E-state index contributed by atoms with van der Waals surface area (Å²) in [6.45, 7) is 0. The fourth-order valence-electron chi connectivity index (χ4n) is 1.57. The van der Waals surface area contributed by atoms with Gasteiger partial charge in [0.15, 0.2) is 12.0 Å². The molecule has 0 amide bonds. The molecule has 0 fully saturated rings. The van der Waals surface area contributed by atoms with E-state index in [0.717, 1.165) is 18.2 Å². The second kappa shape index (κ2) is 5.71. The van der Waals surface area contributed by atoms with Crippen LogP contribution in [0.25, 0.3) is 0 Å². The molecule has 0 spiro atoms. The van der Waals surface area contributed by atoms with Crippen molar-refractivity contribution in [1.29, 1.82) is 0 Å². The van der Waals surface area contributed by atoms with E-state index in [-0.39, 0.29) is 21.9 Å². The van der Waals surface area contributed by atoms with Crippen LogP contribution in [0.15, 0.2) is 53.4 Å². The maximum absolute atomic E-state index is 12.0. The number of nitrogens with zero attached hydrogens (tertiary/aromatic N) is 1. The fourth-order valence-corrected chi connectivity index (χ4v) is 2.55. The smallest absolute Gasteiger partial charge is 0.339 e. The predicted octanol–water partition coefficient (Wildman–Crippen LogP) is 2.17. The summed E-state index contributed by atoms with van der Waals surface area (Å²) in [7, 11) is -4.11. The van der Waals surface area contributed by atoms with E-state index >= 15 is 0 Å². The van der Waals surface area contributed by atoms with Crippen molar-refractivity contribution in [2.75, 3.05) is 0 Å². The van der Waals surface area contributed by atoms with Crippen LogP contribution in [0.4, 0.5) is 5.69 Å². The molecule has 0 aliphatic heterocycles. The highest BCUT2D eigenvalue weighted by molar-refractivity contribution is 7.87. The van der Waals surface area contributed by atoms with Crippen molar-refractivity contribution in [3.63, 3.8) is 0 Å². The van der Waals surface area contributed by atoms with Gasteiger partial charge in [0.25, 0.3) is 5.69 Å². The van der Waals surface area contributed by atoms with E-state index in [1.54, 1.807) is 6.07 Å². The minimum absolute atomic E-state index is 0.0831. The van der Waals surface area contributed by atoms with E-state index in [0.29, 0.717) is 6.29 Å². The molecule has 7 nitrogen and oxygen atoms in total. The van der Waals surface area contributed by atoms with Crippen molar-refractivity contribution in [2.45, 2.75) is 4.90 Å². The second-order valence-electron chi connectivity index (χ2n) is 3.95. The third-order valence-corrected chi connectivity index (χ3v) is 3.81. The highest BCUT2D eigenvalue weighted by Crippen LogP contribution is 2.25. The van der Waals surface area contributed by atoms with Gasteiger partial charge >= 0.3 is 10.1 Å². The van der Waals surface area contributed by atoms with Gasteiger partial charge in [0, 0.05) is 12.1 Å². The lowest BCUT2D eigenvalue weighted by atomic mass is 10.2. The Hall–Kier alpha value is -2.74. The largest absolute Gasteiger partial charge is 0.378 e. The first-order valence-electron chi connectivity index (χ1n) is 5.67. The zero-order chi connectivity index (χ0) is 15.5. The summed E-state index contributed by atoms with van der Waals surface area (Å²) < 4.78 is 28.9. The molecule has 108 valence electrons. The Balaban J connectivity index is 2.40. The molecule has 2 aromatic carbocycles. The number of nitro groups is 1. The molecular formula is C13H9NO6S. The van der Waals surface area contributed by atoms with Gasteiger partial charge in [-0.2, -0.15) is 8.42 Å². The quantitative estimate of drug-likeness (QED) is 0.363.